The first-order chi connectivity index (χ1) is 17.0. The van der Waals surface area contributed by atoms with Gasteiger partial charge < -0.3 is 24.4 Å². The summed E-state index contributed by atoms with van der Waals surface area (Å²) in [6, 6.07) is 6.16. The summed E-state index contributed by atoms with van der Waals surface area (Å²) in [5, 5.41) is 2.49. The van der Waals surface area contributed by atoms with Crippen molar-refractivity contribution in [1.29, 1.82) is 0 Å². The van der Waals surface area contributed by atoms with E-state index >= 15 is 0 Å². The average molecular weight is 506 g/mol. The summed E-state index contributed by atoms with van der Waals surface area (Å²) in [6.07, 6.45) is 0.432. The fourth-order valence-electron chi connectivity index (χ4n) is 4.04. The Kier molecular flexibility index (Phi) is 8.44. The molecule has 36 heavy (non-hydrogen) atoms. The summed E-state index contributed by atoms with van der Waals surface area (Å²) in [6.45, 7) is 3.78. The van der Waals surface area contributed by atoms with Crippen molar-refractivity contribution < 1.29 is 37.4 Å². The predicted octanol–water partition coefficient (Wildman–Crippen LogP) is 3.66. The average Bonchev–Trinajstić information content (AvgIpc) is 3.22. The van der Waals surface area contributed by atoms with E-state index in [-0.39, 0.29) is 54.0 Å². The van der Waals surface area contributed by atoms with Crippen LogP contribution in [-0.2, 0) is 9.53 Å². The minimum atomic E-state index is -3.00. The molecule has 1 aliphatic rings. The summed E-state index contributed by atoms with van der Waals surface area (Å²) >= 11 is 0. The molecule has 1 saturated heterocycles. The lowest BCUT2D eigenvalue weighted by atomic mass is 9.97. The zero-order valence-electron chi connectivity index (χ0n) is 20.7. The molecule has 2 atom stereocenters. The third-order valence-electron chi connectivity index (χ3n) is 5.68. The van der Waals surface area contributed by atoms with Crippen LogP contribution in [0.5, 0.6) is 11.5 Å². The van der Waals surface area contributed by atoms with Crippen molar-refractivity contribution in [2.24, 2.45) is 0 Å². The number of amides is 2. The van der Waals surface area contributed by atoms with E-state index in [1.165, 1.54) is 37.2 Å². The van der Waals surface area contributed by atoms with Crippen molar-refractivity contribution in [2.45, 2.75) is 59.0 Å². The van der Waals surface area contributed by atoms with Crippen LogP contribution in [0.4, 0.5) is 8.78 Å². The summed E-state index contributed by atoms with van der Waals surface area (Å²) in [5.41, 5.74) is 1.52. The Morgan fingerprint density at radius 2 is 1.86 bits per heavy atom. The number of rotatable bonds is 8. The monoisotopic (exact) mass is 505 g/mol. The molecule has 1 fully saturated rings. The zero-order valence-corrected chi connectivity index (χ0v) is 20.7. The van der Waals surface area contributed by atoms with Gasteiger partial charge in [0.1, 0.15) is 0 Å². The van der Waals surface area contributed by atoms with Gasteiger partial charge in [-0.25, -0.2) is 9.78 Å². The number of likely N-dealkylation sites (tertiary alicyclic amines) is 1. The topological polar surface area (TPSA) is 107 Å². The van der Waals surface area contributed by atoms with Gasteiger partial charge in [-0.2, -0.15) is 8.78 Å². The fourth-order valence-corrected chi connectivity index (χ4v) is 4.04. The number of nitrogens with one attached hydrogen (secondary N) is 1. The van der Waals surface area contributed by atoms with Gasteiger partial charge in [-0.05, 0) is 50.1 Å². The number of hydrogen-bond donors (Lipinski definition) is 1. The zero-order chi connectivity index (χ0) is 26.6. The van der Waals surface area contributed by atoms with Crippen LogP contribution in [0.1, 0.15) is 65.1 Å². The molecular weight excluding hydrogens is 476 g/mol. The first-order valence-electron chi connectivity index (χ1n) is 11.4. The second kappa shape index (κ2) is 11.3. The number of aryl methyl sites for hydroxylation is 1. The van der Waals surface area contributed by atoms with Gasteiger partial charge in [-0.15, -0.1) is 0 Å². The van der Waals surface area contributed by atoms with Crippen molar-refractivity contribution in [1.82, 2.24) is 15.2 Å². The molecule has 1 aliphatic heterocycles. The van der Waals surface area contributed by atoms with Crippen molar-refractivity contribution >= 4 is 17.8 Å². The third-order valence-corrected chi connectivity index (χ3v) is 5.68. The van der Waals surface area contributed by atoms with Crippen LogP contribution in [0.2, 0.25) is 0 Å². The minimum Gasteiger partial charge on any atom is -0.487 e. The van der Waals surface area contributed by atoms with Crippen molar-refractivity contribution in [3.63, 3.8) is 0 Å². The molecule has 2 amide bonds. The van der Waals surface area contributed by atoms with Crippen LogP contribution >= 0.6 is 0 Å². The Labute approximate surface area is 207 Å². The SMILES string of the molecule is CNC(=O)c1cnc(C(=O)O[C@@H]2C[C@@H](c3ccc(OC(F)F)c(OC(C)C)c3)CN2C(C)=O)c(C)c1. The van der Waals surface area contributed by atoms with Crippen LogP contribution in [-0.4, -0.2) is 60.2 Å². The lowest BCUT2D eigenvalue weighted by Gasteiger charge is -2.23. The molecule has 1 N–H and O–H groups in total. The van der Waals surface area contributed by atoms with E-state index in [0.29, 0.717) is 11.1 Å². The molecule has 2 aromatic rings. The molecule has 194 valence electrons. The number of hydrogen-bond acceptors (Lipinski definition) is 7. The molecule has 1 aromatic heterocycles. The number of benzene rings is 1. The number of aromatic nitrogens is 1. The molecule has 0 radical (unpaired) electrons. The molecule has 0 bridgehead atoms. The number of ether oxygens (including phenoxy) is 3. The number of carbonyl (C=O) groups is 3. The molecule has 0 saturated carbocycles. The van der Waals surface area contributed by atoms with E-state index in [9.17, 15) is 23.2 Å². The quantitative estimate of drug-likeness (QED) is 0.546. The van der Waals surface area contributed by atoms with Crippen LogP contribution in [0.25, 0.3) is 0 Å². The van der Waals surface area contributed by atoms with Crippen molar-refractivity contribution in [3.8, 4) is 11.5 Å². The number of esters is 1. The first kappa shape index (κ1) is 26.8. The van der Waals surface area contributed by atoms with E-state index in [4.69, 9.17) is 9.47 Å². The molecule has 3 rings (SSSR count). The molecule has 0 aliphatic carbocycles. The van der Waals surface area contributed by atoms with Gasteiger partial charge >= 0.3 is 12.6 Å². The maximum atomic E-state index is 12.9. The second-order valence-corrected chi connectivity index (χ2v) is 8.68. The van der Waals surface area contributed by atoms with E-state index < -0.39 is 18.8 Å². The van der Waals surface area contributed by atoms with E-state index in [1.807, 2.05) is 0 Å². The normalized spacial score (nSPS) is 17.3. The highest BCUT2D eigenvalue weighted by Gasteiger charge is 2.38. The number of alkyl halides is 2. The van der Waals surface area contributed by atoms with Crippen LogP contribution < -0.4 is 14.8 Å². The molecule has 1 aromatic carbocycles. The van der Waals surface area contributed by atoms with E-state index in [1.54, 1.807) is 32.9 Å². The Hall–Kier alpha value is -3.76. The summed E-state index contributed by atoms with van der Waals surface area (Å²) < 4.78 is 41.5. The van der Waals surface area contributed by atoms with Gasteiger partial charge in [0.25, 0.3) is 5.91 Å². The molecule has 9 nitrogen and oxygen atoms in total. The maximum absolute atomic E-state index is 12.9. The highest BCUT2D eigenvalue weighted by Crippen LogP contribution is 2.38. The Balaban J connectivity index is 1.81. The fraction of sp³-hybridized carbons (Fsp3) is 0.440. The van der Waals surface area contributed by atoms with Gasteiger partial charge in [0, 0.05) is 39.1 Å². The van der Waals surface area contributed by atoms with Gasteiger partial charge in [-0.1, -0.05) is 6.07 Å². The summed E-state index contributed by atoms with van der Waals surface area (Å²) in [4.78, 5) is 42.5. The second-order valence-electron chi connectivity index (χ2n) is 8.68. The number of halogens is 2. The van der Waals surface area contributed by atoms with Gasteiger partial charge in [0.15, 0.2) is 23.4 Å². The van der Waals surface area contributed by atoms with E-state index in [2.05, 4.69) is 15.0 Å². The molecule has 2 heterocycles. The van der Waals surface area contributed by atoms with Gasteiger partial charge in [0.05, 0.1) is 11.7 Å². The van der Waals surface area contributed by atoms with Gasteiger partial charge in [0.2, 0.25) is 5.91 Å². The smallest absolute Gasteiger partial charge is 0.387 e. The molecular formula is C25H29F2N3O6. The summed E-state index contributed by atoms with van der Waals surface area (Å²) in [7, 11) is 1.49. The lowest BCUT2D eigenvalue weighted by Crippen LogP contribution is -2.37. The van der Waals surface area contributed by atoms with Crippen molar-refractivity contribution in [3.05, 3.63) is 52.8 Å². The maximum Gasteiger partial charge on any atom is 0.387 e. The molecule has 0 unspecified atom stereocenters. The van der Waals surface area contributed by atoms with Crippen LogP contribution in [0.15, 0.2) is 30.5 Å². The largest absolute Gasteiger partial charge is 0.487 e. The Morgan fingerprint density at radius 3 is 2.44 bits per heavy atom. The number of nitrogens with zero attached hydrogens (tertiary/aromatic N) is 2. The molecule has 11 heteroatoms. The Bertz CT molecular complexity index is 1140. The first-order valence-corrected chi connectivity index (χ1v) is 11.4. The van der Waals surface area contributed by atoms with Crippen molar-refractivity contribution in [2.75, 3.05) is 13.6 Å². The highest BCUT2D eigenvalue weighted by atomic mass is 19.3. The standard InChI is InChI=1S/C25H29F2N3O6/c1-13(2)34-20-9-16(6-7-19(20)35-25(26)27)18-10-21(30(12-18)15(4)31)36-24(33)22-14(3)8-17(11-29-22)23(32)28-5/h6-9,11,13,18,21,25H,10,12H2,1-5H3,(H,28,32)/t18-,21-/m1/s1. The van der Waals surface area contributed by atoms with Crippen LogP contribution in [0.3, 0.4) is 0 Å². The summed E-state index contributed by atoms with van der Waals surface area (Å²) in [5.74, 6) is -1.52. The number of carbonyl (C=O) groups excluding carboxylic acids is 3. The number of pyridine rings is 1. The minimum absolute atomic E-state index is 0.0377. The lowest BCUT2D eigenvalue weighted by molar-refractivity contribution is -0.135. The van der Waals surface area contributed by atoms with Gasteiger partial charge in [-0.3, -0.25) is 9.59 Å². The van der Waals surface area contributed by atoms with E-state index in [0.717, 1.165) is 5.56 Å². The Morgan fingerprint density at radius 1 is 1.14 bits per heavy atom. The van der Waals surface area contributed by atoms with Crippen LogP contribution in [0, 0.1) is 6.92 Å². The predicted molar refractivity (Wildman–Crippen MR) is 125 cm³/mol. The highest BCUT2D eigenvalue weighted by molar-refractivity contribution is 5.95. The third kappa shape index (κ3) is 6.27. The molecule has 0 spiro atoms.